The minimum Gasteiger partial charge on any atom is -0.468 e. The van der Waals surface area contributed by atoms with Gasteiger partial charge in [-0.1, -0.05) is 6.08 Å². The Balaban J connectivity index is 2.10. The highest BCUT2D eigenvalue weighted by Crippen LogP contribution is 2.02. The number of rotatable bonds is 7. The molecule has 0 aromatic carbocycles. The number of likely N-dealkylation sites (N-methyl/N-ethyl adjacent to an activating group) is 1. The summed E-state index contributed by atoms with van der Waals surface area (Å²) in [5.41, 5.74) is 0. The molecule has 78 valence electrons. The summed E-state index contributed by atoms with van der Waals surface area (Å²) in [5, 5.41) is 3.26. The van der Waals surface area contributed by atoms with Gasteiger partial charge in [-0.2, -0.15) is 0 Å². The monoisotopic (exact) mass is 194 g/mol. The number of furan rings is 1. The molecular weight excluding hydrogens is 176 g/mol. The number of nitrogens with one attached hydrogen (secondary N) is 1. The van der Waals surface area contributed by atoms with E-state index in [2.05, 4.69) is 23.8 Å². The first kappa shape index (κ1) is 11.0. The van der Waals surface area contributed by atoms with Crippen LogP contribution >= 0.6 is 0 Å². The molecular formula is C11H18N2O. The van der Waals surface area contributed by atoms with E-state index in [0.29, 0.717) is 0 Å². The Bertz CT molecular complexity index is 244. The van der Waals surface area contributed by atoms with Crippen molar-refractivity contribution >= 4 is 0 Å². The lowest BCUT2D eigenvalue weighted by Crippen LogP contribution is -2.28. The fourth-order valence-corrected chi connectivity index (χ4v) is 1.22. The molecule has 0 unspecified atom stereocenters. The van der Waals surface area contributed by atoms with Crippen LogP contribution in [0.3, 0.4) is 0 Å². The average Bonchev–Trinajstić information content (AvgIpc) is 2.65. The van der Waals surface area contributed by atoms with Crippen LogP contribution in [0.4, 0.5) is 0 Å². The van der Waals surface area contributed by atoms with Gasteiger partial charge in [0.15, 0.2) is 0 Å². The summed E-state index contributed by atoms with van der Waals surface area (Å²) < 4.78 is 5.25. The molecule has 0 amide bonds. The van der Waals surface area contributed by atoms with Crippen molar-refractivity contribution in [1.82, 2.24) is 10.2 Å². The zero-order valence-electron chi connectivity index (χ0n) is 8.70. The van der Waals surface area contributed by atoms with E-state index < -0.39 is 0 Å². The highest BCUT2D eigenvalue weighted by atomic mass is 16.3. The summed E-state index contributed by atoms with van der Waals surface area (Å²) in [6, 6.07) is 3.91. The molecule has 0 bridgehead atoms. The highest BCUT2D eigenvalue weighted by Gasteiger charge is 2.00. The molecule has 0 atom stereocenters. The number of hydrogen-bond donors (Lipinski definition) is 1. The summed E-state index contributed by atoms with van der Waals surface area (Å²) in [7, 11) is 2.08. The minimum atomic E-state index is 0.864. The van der Waals surface area contributed by atoms with Gasteiger partial charge in [-0.3, -0.25) is 4.90 Å². The summed E-state index contributed by atoms with van der Waals surface area (Å²) >= 11 is 0. The molecule has 0 saturated heterocycles. The molecule has 1 N–H and O–H groups in total. The molecule has 0 spiro atoms. The third kappa shape index (κ3) is 4.25. The van der Waals surface area contributed by atoms with Crippen molar-refractivity contribution in [3.8, 4) is 0 Å². The van der Waals surface area contributed by atoms with E-state index in [9.17, 15) is 0 Å². The second-order valence-electron chi connectivity index (χ2n) is 3.31. The van der Waals surface area contributed by atoms with E-state index in [1.54, 1.807) is 6.26 Å². The molecule has 14 heavy (non-hydrogen) atoms. The fraction of sp³-hybridized carbons (Fsp3) is 0.455. The van der Waals surface area contributed by atoms with Crippen LogP contribution < -0.4 is 5.32 Å². The molecule has 0 aliphatic carbocycles. The van der Waals surface area contributed by atoms with Crippen molar-refractivity contribution in [2.24, 2.45) is 0 Å². The maximum Gasteiger partial charge on any atom is 0.117 e. The predicted octanol–water partition coefficient (Wildman–Crippen LogP) is 1.49. The van der Waals surface area contributed by atoms with Crippen LogP contribution in [0.15, 0.2) is 35.5 Å². The van der Waals surface area contributed by atoms with Gasteiger partial charge in [-0.05, 0) is 19.2 Å². The molecule has 1 heterocycles. The Hall–Kier alpha value is -1.06. The van der Waals surface area contributed by atoms with Gasteiger partial charge in [0, 0.05) is 19.6 Å². The third-order valence-corrected chi connectivity index (χ3v) is 1.96. The first-order chi connectivity index (χ1) is 6.83. The average molecular weight is 194 g/mol. The molecule has 0 saturated carbocycles. The summed E-state index contributed by atoms with van der Waals surface area (Å²) in [6.07, 6.45) is 3.58. The van der Waals surface area contributed by atoms with Crippen molar-refractivity contribution in [3.63, 3.8) is 0 Å². The van der Waals surface area contributed by atoms with E-state index in [1.165, 1.54) is 0 Å². The van der Waals surface area contributed by atoms with Gasteiger partial charge in [-0.15, -0.1) is 6.58 Å². The highest BCUT2D eigenvalue weighted by molar-refractivity contribution is 4.97. The molecule has 0 radical (unpaired) electrons. The maximum absolute atomic E-state index is 5.25. The van der Waals surface area contributed by atoms with Crippen LogP contribution in [0, 0.1) is 0 Å². The standard InChI is InChI=1S/C11H18N2O/c1-3-6-12-7-8-13(2)10-11-5-4-9-14-11/h3-5,9,12H,1,6-8,10H2,2H3. The van der Waals surface area contributed by atoms with Crippen molar-refractivity contribution < 1.29 is 4.42 Å². The fourth-order valence-electron chi connectivity index (χ4n) is 1.22. The maximum atomic E-state index is 5.25. The SMILES string of the molecule is C=CCNCCN(C)Cc1ccco1. The van der Waals surface area contributed by atoms with Crippen LogP contribution in [0.2, 0.25) is 0 Å². The molecule has 0 fully saturated rings. The van der Waals surface area contributed by atoms with Crippen molar-refractivity contribution in [3.05, 3.63) is 36.8 Å². The summed E-state index contributed by atoms with van der Waals surface area (Å²) in [6.45, 7) is 7.36. The van der Waals surface area contributed by atoms with Gasteiger partial charge in [0.1, 0.15) is 5.76 Å². The largest absolute Gasteiger partial charge is 0.468 e. The van der Waals surface area contributed by atoms with Gasteiger partial charge in [0.25, 0.3) is 0 Å². The van der Waals surface area contributed by atoms with Crippen LogP contribution in [0.25, 0.3) is 0 Å². The van der Waals surface area contributed by atoms with Crippen molar-refractivity contribution in [2.45, 2.75) is 6.54 Å². The first-order valence-corrected chi connectivity index (χ1v) is 4.85. The second kappa shape index (κ2) is 6.40. The molecule has 0 aliphatic rings. The Kier molecular flexibility index (Phi) is 5.04. The Morgan fingerprint density at radius 1 is 1.64 bits per heavy atom. The number of hydrogen-bond acceptors (Lipinski definition) is 3. The quantitative estimate of drug-likeness (QED) is 0.526. The Labute approximate surface area is 85.4 Å². The normalized spacial score (nSPS) is 10.7. The number of nitrogens with zero attached hydrogens (tertiary/aromatic N) is 1. The van der Waals surface area contributed by atoms with Crippen molar-refractivity contribution in [2.75, 3.05) is 26.7 Å². The van der Waals surface area contributed by atoms with Crippen LogP contribution in [0.5, 0.6) is 0 Å². The molecule has 3 nitrogen and oxygen atoms in total. The third-order valence-electron chi connectivity index (χ3n) is 1.96. The van der Waals surface area contributed by atoms with Crippen molar-refractivity contribution in [1.29, 1.82) is 0 Å². The minimum absolute atomic E-state index is 0.864. The van der Waals surface area contributed by atoms with Gasteiger partial charge >= 0.3 is 0 Å². The molecule has 1 rings (SSSR count). The van der Waals surface area contributed by atoms with E-state index in [1.807, 2.05) is 18.2 Å². The van der Waals surface area contributed by atoms with E-state index in [0.717, 1.165) is 31.9 Å². The zero-order valence-corrected chi connectivity index (χ0v) is 8.70. The Morgan fingerprint density at radius 3 is 3.14 bits per heavy atom. The molecule has 3 heteroatoms. The van der Waals surface area contributed by atoms with Crippen LogP contribution in [-0.2, 0) is 6.54 Å². The summed E-state index contributed by atoms with van der Waals surface area (Å²) in [5.74, 6) is 1.01. The Morgan fingerprint density at radius 2 is 2.50 bits per heavy atom. The lowest BCUT2D eigenvalue weighted by atomic mass is 10.4. The van der Waals surface area contributed by atoms with Gasteiger partial charge in [0.2, 0.25) is 0 Å². The summed E-state index contributed by atoms with van der Waals surface area (Å²) in [4.78, 5) is 2.22. The van der Waals surface area contributed by atoms with E-state index >= 15 is 0 Å². The topological polar surface area (TPSA) is 28.4 Å². The molecule has 1 aromatic rings. The first-order valence-electron chi connectivity index (χ1n) is 4.85. The van der Waals surface area contributed by atoms with E-state index in [4.69, 9.17) is 4.42 Å². The van der Waals surface area contributed by atoms with Crippen LogP contribution in [0.1, 0.15) is 5.76 Å². The van der Waals surface area contributed by atoms with Gasteiger partial charge in [-0.25, -0.2) is 0 Å². The zero-order chi connectivity index (χ0) is 10.2. The van der Waals surface area contributed by atoms with E-state index in [-0.39, 0.29) is 0 Å². The predicted molar refractivity (Wildman–Crippen MR) is 58.1 cm³/mol. The van der Waals surface area contributed by atoms with Gasteiger partial charge < -0.3 is 9.73 Å². The second-order valence-corrected chi connectivity index (χ2v) is 3.31. The molecule has 0 aliphatic heterocycles. The van der Waals surface area contributed by atoms with Gasteiger partial charge in [0.05, 0.1) is 12.8 Å². The lowest BCUT2D eigenvalue weighted by Gasteiger charge is -2.14. The molecule has 1 aromatic heterocycles. The smallest absolute Gasteiger partial charge is 0.117 e. The van der Waals surface area contributed by atoms with Crippen LogP contribution in [-0.4, -0.2) is 31.6 Å². The lowest BCUT2D eigenvalue weighted by molar-refractivity contribution is 0.295.